The van der Waals surface area contributed by atoms with Crippen molar-refractivity contribution >= 4 is 6.03 Å². The summed E-state index contributed by atoms with van der Waals surface area (Å²) in [5.74, 6) is 0.859. The molecular weight excluding hydrogens is 244 g/mol. The molecule has 19 heavy (non-hydrogen) atoms. The molecule has 1 fully saturated rings. The van der Waals surface area contributed by atoms with Gasteiger partial charge in [0.25, 0.3) is 0 Å². The van der Waals surface area contributed by atoms with E-state index in [1.807, 2.05) is 19.9 Å². The lowest BCUT2D eigenvalue weighted by atomic mass is 9.98. The SMILES string of the molecule is COc1cc(C)c(C2CN(CCO)C(=O)N2)cc1C. The highest BCUT2D eigenvalue weighted by molar-refractivity contribution is 5.77. The van der Waals surface area contributed by atoms with Crippen molar-refractivity contribution in [3.63, 3.8) is 0 Å². The van der Waals surface area contributed by atoms with Crippen molar-refractivity contribution in [1.82, 2.24) is 10.2 Å². The number of nitrogens with zero attached hydrogens (tertiary/aromatic N) is 1. The summed E-state index contributed by atoms with van der Waals surface area (Å²) in [6.07, 6.45) is 0. The molecule has 104 valence electrons. The smallest absolute Gasteiger partial charge is 0.318 e. The molecule has 1 unspecified atom stereocenters. The number of nitrogens with one attached hydrogen (secondary N) is 1. The van der Waals surface area contributed by atoms with E-state index in [2.05, 4.69) is 11.4 Å². The van der Waals surface area contributed by atoms with Gasteiger partial charge >= 0.3 is 6.03 Å². The third-order valence-corrected chi connectivity index (χ3v) is 3.52. The first-order valence-electron chi connectivity index (χ1n) is 6.38. The molecule has 1 aromatic carbocycles. The Balaban J connectivity index is 2.24. The Bertz CT molecular complexity index is 488. The number of aryl methyl sites for hydroxylation is 2. The molecular formula is C14H20N2O3. The van der Waals surface area contributed by atoms with Crippen LogP contribution in [0.5, 0.6) is 5.75 Å². The van der Waals surface area contributed by atoms with Crippen LogP contribution >= 0.6 is 0 Å². The topological polar surface area (TPSA) is 61.8 Å². The van der Waals surface area contributed by atoms with Crippen LogP contribution in [0.15, 0.2) is 12.1 Å². The van der Waals surface area contributed by atoms with Crippen molar-refractivity contribution in [2.24, 2.45) is 0 Å². The van der Waals surface area contributed by atoms with Crippen LogP contribution in [0.25, 0.3) is 0 Å². The molecule has 0 saturated carbocycles. The lowest BCUT2D eigenvalue weighted by Gasteiger charge is -2.16. The number of β-amino-alcohol motifs (C(OH)–C–C–N with tert-alkyl or cyclic N) is 1. The van der Waals surface area contributed by atoms with Crippen LogP contribution in [0.4, 0.5) is 4.79 Å². The average Bonchev–Trinajstić information content (AvgIpc) is 2.73. The van der Waals surface area contributed by atoms with Crippen LogP contribution in [0.3, 0.4) is 0 Å². The highest BCUT2D eigenvalue weighted by Crippen LogP contribution is 2.29. The fourth-order valence-electron chi connectivity index (χ4n) is 2.49. The first-order chi connectivity index (χ1) is 9.06. The molecule has 2 rings (SSSR count). The lowest BCUT2D eigenvalue weighted by Crippen LogP contribution is -2.30. The van der Waals surface area contributed by atoms with Gasteiger partial charge in [-0.3, -0.25) is 0 Å². The Labute approximate surface area is 113 Å². The quantitative estimate of drug-likeness (QED) is 0.863. The van der Waals surface area contributed by atoms with Crippen LogP contribution in [0, 0.1) is 13.8 Å². The zero-order chi connectivity index (χ0) is 14.0. The van der Waals surface area contributed by atoms with Gasteiger partial charge in [-0.05, 0) is 36.6 Å². The minimum absolute atomic E-state index is 0.0131. The number of hydrogen-bond acceptors (Lipinski definition) is 3. The van der Waals surface area contributed by atoms with E-state index in [4.69, 9.17) is 9.84 Å². The Morgan fingerprint density at radius 1 is 1.42 bits per heavy atom. The van der Waals surface area contributed by atoms with Gasteiger partial charge in [-0.2, -0.15) is 0 Å². The second-order valence-corrected chi connectivity index (χ2v) is 4.85. The van der Waals surface area contributed by atoms with Crippen molar-refractivity contribution in [3.05, 3.63) is 28.8 Å². The van der Waals surface area contributed by atoms with Crippen molar-refractivity contribution in [3.8, 4) is 5.75 Å². The van der Waals surface area contributed by atoms with E-state index >= 15 is 0 Å². The van der Waals surface area contributed by atoms with Crippen molar-refractivity contribution in [1.29, 1.82) is 0 Å². The largest absolute Gasteiger partial charge is 0.496 e. The van der Waals surface area contributed by atoms with E-state index < -0.39 is 0 Å². The third kappa shape index (κ3) is 2.66. The summed E-state index contributed by atoms with van der Waals surface area (Å²) in [5.41, 5.74) is 3.25. The van der Waals surface area contributed by atoms with Gasteiger partial charge in [0.15, 0.2) is 0 Å². The highest BCUT2D eigenvalue weighted by atomic mass is 16.5. The molecule has 0 aromatic heterocycles. The second kappa shape index (κ2) is 5.48. The number of amides is 2. The zero-order valence-corrected chi connectivity index (χ0v) is 11.6. The monoisotopic (exact) mass is 264 g/mol. The van der Waals surface area contributed by atoms with E-state index in [0.717, 1.165) is 22.4 Å². The van der Waals surface area contributed by atoms with E-state index in [9.17, 15) is 4.79 Å². The standard InChI is InChI=1S/C14H20N2O3/c1-9-7-13(19-3)10(2)6-11(9)12-8-16(4-5-17)14(18)15-12/h6-7,12,17H,4-5,8H2,1-3H3,(H,15,18). The molecule has 1 atom stereocenters. The molecule has 1 aromatic rings. The molecule has 0 aliphatic carbocycles. The van der Waals surface area contributed by atoms with Crippen LogP contribution in [-0.2, 0) is 0 Å². The van der Waals surface area contributed by atoms with Gasteiger partial charge in [-0.15, -0.1) is 0 Å². The first kappa shape index (κ1) is 13.7. The number of urea groups is 1. The number of aliphatic hydroxyl groups excluding tert-OH is 1. The number of benzene rings is 1. The Hall–Kier alpha value is -1.75. The molecule has 1 heterocycles. The molecule has 0 radical (unpaired) electrons. The first-order valence-corrected chi connectivity index (χ1v) is 6.38. The summed E-state index contributed by atoms with van der Waals surface area (Å²) in [6, 6.07) is 3.91. The molecule has 1 saturated heterocycles. The van der Waals surface area contributed by atoms with E-state index in [1.54, 1.807) is 12.0 Å². The van der Waals surface area contributed by atoms with Crippen LogP contribution in [-0.4, -0.2) is 42.8 Å². The highest BCUT2D eigenvalue weighted by Gasteiger charge is 2.30. The number of aliphatic hydroxyl groups is 1. The maximum atomic E-state index is 11.7. The van der Waals surface area contributed by atoms with Crippen molar-refractivity contribution in [2.45, 2.75) is 19.9 Å². The summed E-state index contributed by atoms with van der Waals surface area (Å²) < 4.78 is 5.29. The lowest BCUT2D eigenvalue weighted by molar-refractivity contribution is 0.196. The van der Waals surface area contributed by atoms with Crippen molar-refractivity contribution < 1.29 is 14.6 Å². The maximum Gasteiger partial charge on any atom is 0.318 e. The third-order valence-electron chi connectivity index (χ3n) is 3.52. The fourth-order valence-corrected chi connectivity index (χ4v) is 2.49. The Kier molecular flexibility index (Phi) is 3.95. The van der Waals surface area contributed by atoms with E-state index in [0.29, 0.717) is 13.1 Å². The summed E-state index contributed by atoms with van der Waals surface area (Å²) in [5, 5.41) is 11.9. The molecule has 2 amide bonds. The molecule has 5 heteroatoms. The Morgan fingerprint density at radius 3 is 2.79 bits per heavy atom. The average molecular weight is 264 g/mol. The minimum Gasteiger partial charge on any atom is -0.496 e. The van der Waals surface area contributed by atoms with E-state index in [-0.39, 0.29) is 18.7 Å². The van der Waals surface area contributed by atoms with Crippen LogP contribution in [0.1, 0.15) is 22.7 Å². The van der Waals surface area contributed by atoms with Gasteiger partial charge in [0.2, 0.25) is 0 Å². The number of carbonyl (C=O) groups is 1. The number of rotatable bonds is 4. The van der Waals surface area contributed by atoms with Crippen LogP contribution in [0.2, 0.25) is 0 Å². The number of methoxy groups -OCH3 is 1. The molecule has 1 aliphatic heterocycles. The van der Waals surface area contributed by atoms with Crippen molar-refractivity contribution in [2.75, 3.05) is 26.8 Å². The van der Waals surface area contributed by atoms with Gasteiger partial charge in [0, 0.05) is 13.1 Å². The van der Waals surface area contributed by atoms with Crippen LogP contribution < -0.4 is 10.1 Å². The molecule has 1 aliphatic rings. The maximum absolute atomic E-state index is 11.7. The van der Waals surface area contributed by atoms with Gasteiger partial charge in [-0.1, -0.05) is 6.07 Å². The molecule has 5 nitrogen and oxygen atoms in total. The van der Waals surface area contributed by atoms with E-state index in [1.165, 1.54) is 0 Å². The predicted molar refractivity (Wildman–Crippen MR) is 72.4 cm³/mol. The molecule has 0 spiro atoms. The Morgan fingerprint density at radius 2 is 2.16 bits per heavy atom. The minimum atomic E-state index is -0.119. The summed E-state index contributed by atoms with van der Waals surface area (Å²) >= 11 is 0. The predicted octanol–water partition coefficient (Wildman–Crippen LogP) is 1.37. The summed E-state index contributed by atoms with van der Waals surface area (Å²) in [4.78, 5) is 13.4. The summed E-state index contributed by atoms with van der Waals surface area (Å²) in [7, 11) is 1.65. The number of hydrogen-bond donors (Lipinski definition) is 2. The zero-order valence-electron chi connectivity index (χ0n) is 11.6. The second-order valence-electron chi connectivity index (χ2n) is 4.85. The molecule has 0 bridgehead atoms. The van der Waals surface area contributed by atoms with Gasteiger partial charge in [0.1, 0.15) is 5.75 Å². The van der Waals surface area contributed by atoms with Gasteiger partial charge in [0.05, 0.1) is 19.8 Å². The normalized spacial score (nSPS) is 18.6. The van der Waals surface area contributed by atoms with Gasteiger partial charge < -0.3 is 20.1 Å². The number of carbonyl (C=O) groups excluding carboxylic acids is 1. The molecule has 2 N–H and O–H groups in total. The fraction of sp³-hybridized carbons (Fsp3) is 0.500. The number of ether oxygens (including phenoxy) is 1. The van der Waals surface area contributed by atoms with Gasteiger partial charge in [-0.25, -0.2) is 4.79 Å². The summed E-state index contributed by atoms with van der Waals surface area (Å²) in [6.45, 7) is 4.95.